The van der Waals surface area contributed by atoms with E-state index in [9.17, 15) is 9.59 Å². The van der Waals surface area contributed by atoms with Crippen LogP contribution >= 0.6 is 23.2 Å². The van der Waals surface area contributed by atoms with Gasteiger partial charge in [-0.05, 0) is 55.2 Å². The molecule has 0 radical (unpaired) electrons. The molecule has 0 bridgehead atoms. The molecule has 0 aromatic heterocycles. The van der Waals surface area contributed by atoms with Gasteiger partial charge >= 0.3 is 5.97 Å². The lowest BCUT2D eigenvalue weighted by Crippen LogP contribution is -2.38. The lowest BCUT2D eigenvalue weighted by Gasteiger charge is -2.27. The number of carbonyl (C=O) groups is 2. The van der Waals surface area contributed by atoms with Crippen LogP contribution < -0.4 is 5.32 Å². The van der Waals surface area contributed by atoms with Crippen LogP contribution in [0.15, 0.2) is 48.5 Å². The van der Waals surface area contributed by atoms with Crippen molar-refractivity contribution in [3.8, 4) is 0 Å². The molecule has 0 heterocycles. The summed E-state index contributed by atoms with van der Waals surface area (Å²) in [5.74, 6) is -0.679. The maximum atomic E-state index is 12.9. The molecule has 1 atom stereocenters. The minimum Gasteiger partial charge on any atom is -0.455 e. The molecule has 1 aliphatic carbocycles. The van der Waals surface area contributed by atoms with Gasteiger partial charge in [-0.1, -0.05) is 60.3 Å². The van der Waals surface area contributed by atoms with E-state index in [1.165, 1.54) is 0 Å². The average molecular weight is 420 g/mol. The minimum atomic E-state index is -0.688. The van der Waals surface area contributed by atoms with E-state index in [0.717, 1.165) is 36.8 Å². The van der Waals surface area contributed by atoms with E-state index >= 15 is 0 Å². The predicted molar refractivity (Wildman–Crippen MR) is 111 cm³/mol. The largest absolute Gasteiger partial charge is 0.455 e. The summed E-state index contributed by atoms with van der Waals surface area (Å²) >= 11 is 11.9. The number of ether oxygens (including phenoxy) is 1. The van der Waals surface area contributed by atoms with Crippen LogP contribution in [-0.2, 0) is 19.7 Å². The van der Waals surface area contributed by atoms with Gasteiger partial charge in [0.25, 0.3) is 5.91 Å². The van der Waals surface area contributed by atoms with Gasteiger partial charge in [-0.25, -0.2) is 0 Å². The average Bonchev–Trinajstić information content (AvgIpc) is 3.18. The van der Waals surface area contributed by atoms with Gasteiger partial charge in [-0.2, -0.15) is 0 Å². The van der Waals surface area contributed by atoms with Crippen molar-refractivity contribution in [2.24, 2.45) is 0 Å². The molecule has 1 saturated carbocycles. The number of rotatable bonds is 6. The van der Waals surface area contributed by atoms with Crippen LogP contribution in [0.1, 0.15) is 49.8 Å². The Hall–Kier alpha value is -2.04. The maximum Gasteiger partial charge on any atom is 0.317 e. The molecule has 28 heavy (non-hydrogen) atoms. The second kappa shape index (κ2) is 8.97. The van der Waals surface area contributed by atoms with Crippen molar-refractivity contribution in [3.05, 3.63) is 69.7 Å². The van der Waals surface area contributed by atoms with Crippen molar-refractivity contribution in [2.45, 2.75) is 44.1 Å². The fourth-order valence-corrected chi connectivity index (χ4v) is 4.00. The fourth-order valence-electron chi connectivity index (χ4n) is 3.75. The molecular formula is C22H23Cl2NO3. The van der Waals surface area contributed by atoms with E-state index in [2.05, 4.69) is 5.32 Å². The number of amides is 1. The highest BCUT2D eigenvalue weighted by molar-refractivity contribution is 6.30. The summed E-state index contributed by atoms with van der Waals surface area (Å²) < 4.78 is 5.43. The van der Waals surface area contributed by atoms with Crippen molar-refractivity contribution in [2.75, 3.05) is 6.61 Å². The molecule has 1 fully saturated rings. The van der Waals surface area contributed by atoms with Gasteiger partial charge in [-0.3, -0.25) is 9.59 Å². The van der Waals surface area contributed by atoms with Crippen LogP contribution in [0.3, 0.4) is 0 Å². The van der Waals surface area contributed by atoms with Crippen LogP contribution in [0.5, 0.6) is 0 Å². The first-order valence-electron chi connectivity index (χ1n) is 9.39. The minimum absolute atomic E-state index is 0.208. The van der Waals surface area contributed by atoms with Gasteiger partial charge in [0.1, 0.15) is 0 Å². The summed E-state index contributed by atoms with van der Waals surface area (Å²) in [6, 6.07) is 14.4. The monoisotopic (exact) mass is 419 g/mol. The zero-order valence-electron chi connectivity index (χ0n) is 15.7. The zero-order chi connectivity index (χ0) is 20.1. The predicted octanol–water partition coefficient (Wildman–Crippen LogP) is 5.23. The number of hydrogen-bond donors (Lipinski definition) is 1. The smallest absolute Gasteiger partial charge is 0.317 e. The summed E-state index contributed by atoms with van der Waals surface area (Å²) in [5.41, 5.74) is 1.14. The Bertz CT molecular complexity index is 828. The summed E-state index contributed by atoms with van der Waals surface area (Å²) in [5, 5.41) is 4.11. The van der Waals surface area contributed by atoms with Gasteiger partial charge in [0, 0.05) is 10.0 Å². The topological polar surface area (TPSA) is 55.4 Å². The molecule has 1 N–H and O–H groups in total. The number of nitrogens with one attached hydrogen (secondary N) is 1. The van der Waals surface area contributed by atoms with Crippen molar-refractivity contribution < 1.29 is 14.3 Å². The number of halogens is 2. The zero-order valence-corrected chi connectivity index (χ0v) is 17.2. The number of esters is 1. The van der Waals surface area contributed by atoms with Crippen molar-refractivity contribution in [1.82, 2.24) is 5.32 Å². The Morgan fingerprint density at radius 3 is 2.11 bits per heavy atom. The Labute approximate surface area is 175 Å². The third-order valence-electron chi connectivity index (χ3n) is 5.33. The van der Waals surface area contributed by atoms with Crippen molar-refractivity contribution >= 4 is 35.1 Å². The summed E-state index contributed by atoms with van der Waals surface area (Å²) in [6.07, 6.45) is 3.35. The van der Waals surface area contributed by atoms with Crippen LogP contribution in [0.25, 0.3) is 0 Å². The molecule has 2 aromatic carbocycles. The molecule has 0 saturated heterocycles. The van der Waals surface area contributed by atoms with E-state index < -0.39 is 5.41 Å². The quantitative estimate of drug-likeness (QED) is 0.652. The summed E-state index contributed by atoms with van der Waals surface area (Å²) in [7, 11) is 0. The highest BCUT2D eigenvalue weighted by atomic mass is 35.5. The molecule has 0 spiro atoms. The molecular weight excluding hydrogens is 397 g/mol. The summed E-state index contributed by atoms with van der Waals surface area (Å²) in [4.78, 5) is 25.2. The maximum absolute atomic E-state index is 12.9. The van der Waals surface area contributed by atoms with E-state index in [0.29, 0.717) is 10.0 Å². The van der Waals surface area contributed by atoms with E-state index in [4.69, 9.17) is 27.9 Å². The van der Waals surface area contributed by atoms with Gasteiger partial charge in [0.05, 0.1) is 11.5 Å². The highest BCUT2D eigenvalue weighted by Gasteiger charge is 2.44. The van der Waals surface area contributed by atoms with E-state index in [-0.39, 0.29) is 24.5 Å². The van der Waals surface area contributed by atoms with Gasteiger partial charge < -0.3 is 10.1 Å². The Morgan fingerprint density at radius 2 is 1.54 bits per heavy atom. The third kappa shape index (κ3) is 4.68. The van der Waals surface area contributed by atoms with Gasteiger partial charge in [-0.15, -0.1) is 0 Å². The second-order valence-electron chi connectivity index (χ2n) is 7.21. The SMILES string of the molecule is C[C@H](NC(=O)COC(=O)C1(c2ccc(Cl)cc2)CCCC1)c1ccc(Cl)cc1. The first kappa shape index (κ1) is 20.7. The molecule has 1 aliphatic rings. The molecule has 1 amide bonds. The Kier molecular flexibility index (Phi) is 6.63. The van der Waals surface area contributed by atoms with Crippen LogP contribution in [0.4, 0.5) is 0 Å². The molecule has 0 aliphatic heterocycles. The number of carbonyl (C=O) groups excluding carboxylic acids is 2. The van der Waals surface area contributed by atoms with Crippen LogP contribution in [0, 0.1) is 0 Å². The van der Waals surface area contributed by atoms with Gasteiger partial charge in [0.2, 0.25) is 0 Å². The second-order valence-corrected chi connectivity index (χ2v) is 8.09. The van der Waals surface area contributed by atoms with Crippen LogP contribution in [0.2, 0.25) is 10.0 Å². The van der Waals surface area contributed by atoms with E-state index in [1.807, 2.05) is 31.2 Å². The van der Waals surface area contributed by atoms with Crippen LogP contribution in [-0.4, -0.2) is 18.5 Å². The van der Waals surface area contributed by atoms with Gasteiger partial charge in [0.15, 0.2) is 6.61 Å². The lowest BCUT2D eigenvalue weighted by atomic mass is 9.79. The van der Waals surface area contributed by atoms with Crippen molar-refractivity contribution in [3.63, 3.8) is 0 Å². The number of hydrogen-bond acceptors (Lipinski definition) is 3. The van der Waals surface area contributed by atoms with E-state index in [1.54, 1.807) is 24.3 Å². The van der Waals surface area contributed by atoms with Crippen molar-refractivity contribution in [1.29, 1.82) is 0 Å². The third-order valence-corrected chi connectivity index (χ3v) is 5.83. The normalized spacial score (nSPS) is 16.4. The Balaban J connectivity index is 1.60. The molecule has 2 aromatic rings. The fraction of sp³-hybridized carbons (Fsp3) is 0.364. The lowest BCUT2D eigenvalue weighted by molar-refractivity contribution is -0.154. The molecule has 148 valence electrons. The molecule has 4 nitrogen and oxygen atoms in total. The standard InChI is InChI=1S/C22H23Cl2NO3/c1-15(16-4-8-18(23)9-5-16)25-20(26)14-28-21(27)22(12-2-3-13-22)17-6-10-19(24)11-7-17/h4-11,15H,2-3,12-14H2,1H3,(H,25,26)/t15-/m0/s1. The first-order chi connectivity index (χ1) is 13.4. The molecule has 3 rings (SSSR count). The first-order valence-corrected chi connectivity index (χ1v) is 10.1. The number of benzene rings is 2. The molecule has 0 unspecified atom stereocenters. The summed E-state index contributed by atoms with van der Waals surface area (Å²) in [6.45, 7) is 1.57. The Morgan fingerprint density at radius 1 is 1.00 bits per heavy atom. The molecule has 6 heteroatoms. The highest BCUT2D eigenvalue weighted by Crippen LogP contribution is 2.42.